The van der Waals surface area contributed by atoms with Crippen molar-refractivity contribution in [3.05, 3.63) is 24.0 Å². The third-order valence-corrected chi connectivity index (χ3v) is 8.83. The topological polar surface area (TPSA) is 83.8 Å². The molecule has 0 spiro atoms. The molecule has 0 saturated heterocycles. The molecule has 1 rings (SSSR count). The number of carboxylic acid groups (broad SMARTS) is 2. The summed E-state index contributed by atoms with van der Waals surface area (Å²) in [7, 11) is -2.24. The van der Waals surface area contributed by atoms with Crippen molar-refractivity contribution < 1.29 is 24.2 Å². The Hall–Kier alpha value is -1.56. The van der Waals surface area contributed by atoms with E-state index in [2.05, 4.69) is 0 Å². The van der Waals surface area contributed by atoms with E-state index < -0.39 is 31.6 Å². The molecule has 0 heterocycles. The predicted molar refractivity (Wildman–Crippen MR) is 82.4 cm³/mol. The van der Waals surface area contributed by atoms with E-state index in [1.54, 1.807) is 12.2 Å². The maximum Gasteiger partial charge on any atom is 0.315 e. The first-order valence-corrected chi connectivity index (χ1v) is 9.78. The molecule has 1 aliphatic carbocycles. The third kappa shape index (κ3) is 3.20. The Morgan fingerprint density at radius 3 is 2.19 bits per heavy atom. The summed E-state index contributed by atoms with van der Waals surface area (Å²) in [6.45, 7) is 11.6. The van der Waals surface area contributed by atoms with Crippen molar-refractivity contribution in [3.63, 3.8) is 0 Å². The summed E-state index contributed by atoms with van der Waals surface area (Å²) in [5.74, 6) is -3.33. The van der Waals surface area contributed by atoms with Gasteiger partial charge in [0, 0.05) is 0 Å². The van der Waals surface area contributed by atoms with Crippen molar-refractivity contribution in [2.24, 2.45) is 11.3 Å². The van der Waals surface area contributed by atoms with E-state index >= 15 is 0 Å². The summed E-state index contributed by atoms with van der Waals surface area (Å²) in [6.07, 6.45) is 4.55. The number of rotatable bonds is 4. The lowest BCUT2D eigenvalue weighted by atomic mass is 9.73. The maximum atomic E-state index is 11.6. The van der Waals surface area contributed by atoms with Crippen LogP contribution in [0.5, 0.6) is 0 Å². The molecule has 6 heteroatoms. The highest BCUT2D eigenvalue weighted by Gasteiger charge is 2.50. The Bertz CT molecular complexity index is 513. The smallest absolute Gasteiger partial charge is 0.315 e. The first kappa shape index (κ1) is 17.5. The fraction of sp³-hybridized carbons (Fsp3) is 0.600. The van der Waals surface area contributed by atoms with Crippen molar-refractivity contribution in [2.75, 3.05) is 0 Å². The molecule has 1 aliphatic rings. The average molecular weight is 312 g/mol. The van der Waals surface area contributed by atoms with Crippen LogP contribution in [-0.2, 0) is 14.0 Å². The molecule has 0 bridgehead atoms. The van der Waals surface area contributed by atoms with Crippen molar-refractivity contribution >= 4 is 20.3 Å². The van der Waals surface area contributed by atoms with Crippen molar-refractivity contribution in [2.45, 2.75) is 45.8 Å². The Morgan fingerprint density at radius 2 is 1.81 bits per heavy atom. The fourth-order valence-corrected chi connectivity index (χ4v) is 3.03. The van der Waals surface area contributed by atoms with Crippen molar-refractivity contribution in [3.8, 4) is 0 Å². The summed E-state index contributed by atoms with van der Waals surface area (Å²) in [5, 5.41) is 18.8. The highest BCUT2D eigenvalue weighted by Crippen LogP contribution is 2.44. The van der Waals surface area contributed by atoms with Crippen LogP contribution in [0.3, 0.4) is 0 Å². The fourth-order valence-electron chi connectivity index (χ4n) is 1.94. The molecule has 0 aliphatic heterocycles. The van der Waals surface area contributed by atoms with Crippen LogP contribution in [0.15, 0.2) is 24.0 Å². The van der Waals surface area contributed by atoms with E-state index in [1.807, 2.05) is 33.9 Å². The summed E-state index contributed by atoms with van der Waals surface area (Å²) in [6, 6.07) is 0. The van der Waals surface area contributed by atoms with E-state index in [4.69, 9.17) is 4.43 Å². The van der Waals surface area contributed by atoms with Gasteiger partial charge in [-0.3, -0.25) is 9.59 Å². The van der Waals surface area contributed by atoms with Crippen LogP contribution in [0, 0.1) is 11.3 Å². The summed E-state index contributed by atoms with van der Waals surface area (Å²) in [5.41, 5.74) is -1.50. The zero-order valence-corrected chi connectivity index (χ0v) is 14.4. The van der Waals surface area contributed by atoms with Gasteiger partial charge in [0.05, 0.1) is 5.76 Å². The van der Waals surface area contributed by atoms with E-state index in [1.165, 1.54) is 13.0 Å². The second-order valence-corrected chi connectivity index (χ2v) is 11.9. The summed E-state index contributed by atoms with van der Waals surface area (Å²) < 4.78 is 6.07. The molecule has 0 amide bonds. The molecule has 0 aromatic carbocycles. The first-order chi connectivity index (χ1) is 9.33. The molecular formula is C15H24O5Si. The first-order valence-electron chi connectivity index (χ1n) is 6.87. The van der Waals surface area contributed by atoms with Gasteiger partial charge in [-0.05, 0) is 31.1 Å². The van der Waals surface area contributed by atoms with Gasteiger partial charge in [-0.15, -0.1) is 0 Å². The van der Waals surface area contributed by atoms with Gasteiger partial charge in [0.15, 0.2) is 0 Å². The van der Waals surface area contributed by atoms with Crippen LogP contribution < -0.4 is 0 Å². The Labute approximate surface area is 126 Å². The predicted octanol–water partition coefficient (Wildman–Crippen LogP) is 3.25. The minimum absolute atomic E-state index is 0.0995. The maximum absolute atomic E-state index is 11.6. The summed E-state index contributed by atoms with van der Waals surface area (Å²) >= 11 is 0. The Balaban J connectivity index is 3.24. The largest absolute Gasteiger partial charge is 0.546 e. The van der Waals surface area contributed by atoms with E-state index in [0.717, 1.165) is 0 Å². The third-order valence-electron chi connectivity index (χ3n) is 4.47. The second kappa shape index (κ2) is 5.33. The minimum Gasteiger partial charge on any atom is -0.546 e. The number of allylic oxidation sites excluding steroid dienone is 2. The molecule has 2 atom stereocenters. The zero-order valence-electron chi connectivity index (χ0n) is 13.4. The molecule has 2 N–H and O–H groups in total. The molecule has 0 aromatic heterocycles. The zero-order chi connectivity index (χ0) is 16.6. The summed E-state index contributed by atoms with van der Waals surface area (Å²) in [4.78, 5) is 23.1. The van der Waals surface area contributed by atoms with Gasteiger partial charge < -0.3 is 14.6 Å². The minimum atomic E-state index is -2.24. The quantitative estimate of drug-likeness (QED) is 0.778. The van der Waals surface area contributed by atoms with Gasteiger partial charge in [0.2, 0.25) is 8.32 Å². The van der Waals surface area contributed by atoms with Gasteiger partial charge in [-0.2, -0.15) is 0 Å². The molecule has 5 nitrogen and oxygen atoms in total. The lowest BCUT2D eigenvalue weighted by molar-refractivity contribution is -0.157. The highest BCUT2D eigenvalue weighted by atomic mass is 28.4. The van der Waals surface area contributed by atoms with E-state index in [9.17, 15) is 19.8 Å². The van der Waals surface area contributed by atoms with Crippen LogP contribution >= 0.6 is 0 Å². The van der Waals surface area contributed by atoms with Gasteiger partial charge in [-0.1, -0.05) is 32.9 Å². The lowest BCUT2D eigenvalue weighted by Gasteiger charge is -2.41. The molecule has 118 valence electrons. The molecular weight excluding hydrogens is 288 g/mol. The monoisotopic (exact) mass is 312 g/mol. The van der Waals surface area contributed by atoms with Crippen LogP contribution in [0.25, 0.3) is 0 Å². The Morgan fingerprint density at radius 1 is 1.29 bits per heavy atom. The van der Waals surface area contributed by atoms with Crippen molar-refractivity contribution in [1.29, 1.82) is 0 Å². The van der Waals surface area contributed by atoms with Crippen LogP contribution in [0.4, 0.5) is 0 Å². The van der Waals surface area contributed by atoms with Crippen molar-refractivity contribution in [1.82, 2.24) is 0 Å². The van der Waals surface area contributed by atoms with Gasteiger partial charge in [-0.25, -0.2) is 0 Å². The number of carbonyl (C=O) groups is 2. The number of hydrogen-bond acceptors (Lipinski definition) is 3. The normalized spacial score (nSPS) is 26.2. The molecule has 0 aromatic rings. The van der Waals surface area contributed by atoms with Crippen LogP contribution in [-0.4, -0.2) is 30.5 Å². The van der Waals surface area contributed by atoms with Gasteiger partial charge in [0.1, 0.15) is 11.3 Å². The molecule has 2 unspecified atom stereocenters. The molecule has 0 radical (unpaired) electrons. The van der Waals surface area contributed by atoms with Gasteiger partial charge >= 0.3 is 11.9 Å². The standard InChI is InChI=1S/C15H24O5Si/c1-14(2,3)21(5,6)20-10-8-7-9-15(4,13(18)19)11(10)12(16)17/h7-9,11H,1-6H3,(H,16,17)(H,18,19). The van der Waals surface area contributed by atoms with E-state index in [0.29, 0.717) is 0 Å². The van der Waals surface area contributed by atoms with Crippen LogP contribution in [0.1, 0.15) is 27.7 Å². The SMILES string of the molecule is CC1(C(=O)O)C=CC=C(O[Si](C)(C)C(C)(C)C)C1C(=O)O. The molecule has 0 saturated carbocycles. The Kier molecular flexibility index (Phi) is 4.44. The number of hydrogen-bond donors (Lipinski definition) is 2. The van der Waals surface area contributed by atoms with Gasteiger partial charge in [0.25, 0.3) is 0 Å². The van der Waals surface area contributed by atoms with Crippen LogP contribution in [0.2, 0.25) is 18.1 Å². The number of carboxylic acids is 2. The lowest BCUT2D eigenvalue weighted by Crippen LogP contribution is -2.46. The average Bonchev–Trinajstić information content (AvgIpc) is 2.25. The highest BCUT2D eigenvalue weighted by molar-refractivity contribution is 6.74. The second-order valence-electron chi connectivity index (χ2n) is 7.15. The van der Waals surface area contributed by atoms with E-state index in [-0.39, 0.29) is 10.8 Å². The molecule has 21 heavy (non-hydrogen) atoms. The molecule has 0 fully saturated rings. The number of aliphatic carboxylic acids is 2.